The summed E-state index contributed by atoms with van der Waals surface area (Å²) in [5.74, 6) is -1.54. The largest absolute Gasteiger partial charge is 0.390 e. The Morgan fingerprint density at radius 1 is 1.22 bits per heavy atom. The number of benzene rings is 1. The summed E-state index contributed by atoms with van der Waals surface area (Å²) in [6, 6.07) is 11.9. The van der Waals surface area contributed by atoms with Gasteiger partial charge in [0.25, 0.3) is 0 Å². The van der Waals surface area contributed by atoms with E-state index in [2.05, 4.69) is 17.0 Å². The average molecular weight is 334 g/mol. The van der Waals surface area contributed by atoms with Gasteiger partial charge in [-0.25, -0.2) is 4.79 Å². The van der Waals surface area contributed by atoms with Crippen molar-refractivity contribution in [2.75, 3.05) is 0 Å². The lowest BCUT2D eigenvalue weighted by Crippen LogP contribution is -2.30. The summed E-state index contributed by atoms with van der Waals surface area (Å²) in [7, 11) is 0. The van der Waals surface area contributed by atoms with E-state index in [1.165, 1.54) is 16.9 Å². The van der Waals surface area contributed by atoms with Gasteiger partial charge in [0.15, 0.2) is 0 Å². The van der Waals surface area contributed by atoms with Gasteiger partial charge in [0.2, 0.25) is 0 Å². The summed E-state index contributed by atoms with van der Waals surface area (Å²) < 4.78 is 0. The van der Waals surface area contributed by atoms with Gasteiger partial charge in [-0.05, 0) is 36.5 Å². The standard InChI is InChI=1S/C17H18O5S/c18-14-9-13(17(20)22-21)12-8-11(23-16(12)15(14)19)7-6-10-4-2-1-3-5-10/h1-5,8,13-15,18-19,21H,6-7,9H2/t13-,14-,15+/m1/s1. The molecule has 1 aromatic carbocycles. The molecule has 5 nitrogen and oxygen atoms in total. The van der Waals surface area contributed by atoms with Crippen LogP contribution in [0.15, 0.2) is 36.4 Å². The Kier molecular flexibility index (Phi) is 4.77. The van der Waals surface area contributed by atoms with Gasteiger partial charge in [-0.1, -0.05) is 30.3 Å². The zero-order chi connectivity index (χ0) is 16.4. The number of aliphatic hydroxyl groups excluding tert-OH is 2. The van der Waals surface area contributed by atoms with E-state index in [4.69, 9.17) is 5.26 Å². The first kappa shape index (κ1) is 16.1. The highest BCUT2D eigenvalue weighted by molar-refractivity contribution is 7.12. The number of carbonyl (C=O) groups is 1. The van der Waals surface area contributed by atoms with Gasteiger partial charge < -0.3 is 15.1 Å². The molecule has 0 fully saturated rings. The van der Waals surface area contributed by atoms with Crippen molar-refractivity contribution in [2.24, 2.45) is 0 Å². The van der Waals surface area contributed by atoms with Crippen molar-refractivity contribution in [3.63, 3.8) is 0 Å². The van der Waals surface area contributed by atoms with Gasteiger partial charge in [0.05, 0.1) is 12.0 Å². The summed E-state index contributed by atoms with van der Waals surface area (Å²) in [4.78, 5) is 17.2. The molecule has 1 aromatic heterocycles. The van der Waals surface area contributed by atoms with Crippen molar-refractivity contribution >= 4 is 17.3 Å². The summed E-state index contributed by atoms with van der Waals surface area (Å²) >= 11 is 1.40. The highest BCUT2D eigenvalue weighted by Crippen LogP contribution is 2.43. The molecule has 3 atom stereocenters. The Morgan fingerprint density at radius 2 is 1.96 bits per heavy atom. The molecular formula is C17H18O5S. The molecule has 3 rings (SSSR count). The van der Waals surface area contributed by atoms with Crippen LogP contribution in [0.5, 0.6) is 0 Å². The van der Waals surface area contributed by atoms with E-state index in [9.17, 15) is 15.0 Å². The second-order valence-electron chi connectivity index (χ2n) is 5.73. The second-order valence-corrected chi connectivity index (χ2v) is 6.90. The van der Waals surface area contributed by atoms with Crippen LogP contribution in [0.4, 0.5) is 0 Å². The maximum Gasteiger partial charge on any atom is 0.349 e. The SMILES string of the molecule is O=C(OO)[C@@H]1C[C@@H](O)[C@H](O)c2sc(CCc3ccccc3)cc21. The number of hydrogen-bond donors (Lipinski definition) is 3. The van der Waals surface area contributed by atoms with Crippen molar-refractivity contribution in [3.05, 3.63) is 57.3 Å². The fourth-order valence-electron chi connectivity index (χ4n) is 2.97. The average Bonchev–Trinajstić information content (AvgIpc) is 3.01. The maximum atomic E-state index is 11.7. The van der Waals surface area contributed by atoms with Crippen LogP contribution in [0.25, 0.3) is 0 Å². The van der Waals surface area contributed by atoms with Crippen molar-refractivity contribution in [1.29, 1.82) is 0 Å². The number of hydrogen-bond acceptors (Lipinski definition) is 6. The molecule has 1 aliphatic rings. The van der Waals surface area contributed by atoms with E-state index in [1.54, 1.807) is 0 Å². The zero-order valence-corrected chi connectivity index (χ0v) is 13.2. The molecule has 0 amide bonds. The van der Waals surface area contributed by atoms with Gasteiger partial charge in [0.1, 0.15) is 6.10 Å². The van der Waals surface area contributed by atoms with Crippen LogP contribution in [0.3, 0.4) is 0 Å². The van der Waals surface area contributed by atoms with Crippen LogP contribution in [-0.2, 0) is 22.5 Å². The summed E-state index contributed by atoms with van der Waals surface area (Å²) in [5, 5.41) is 28.7. The lowest BCUT2D eigenvalue weighted by Gasteiger charge is -2.28. The fourth-order valence-corrected chi connectivity index (χ4v) is 4.24. The molecule has 122 valence electrons. The van der Waals surface area contributed by atoms with Crippen LogP contribution in [-0.4, -0.2) is 27.5 Å². The molecule has 1 aliphatic carbocycles. The van der Waals surface area contributed by atoms with Gasteiger partial charge in [0, 0.05) is 9.75 Å². The first-order chi connectivity index (χ1) is 11.1. The van der Waals surface area contributed by atoms with E-state index in [0.29, 0.717) is 10.4 Å². The Hall–Kier alpha value is -1.73. The predicted molar refractivity (Wildman–Crippen MR) is 85.2 cm³/mol. The van der Waals surface area contributed by atoms with Crippen molar-refractivity contribution < 1.29 is 25.2 Å². The van der Waals surface area contributed by atoms with E-state index in [-0.39, 0.29) is 6.42 Å². The van der Waals surface area contributed by atoms with Crippen LogP contribution >= 0.6 is 11.3 Å². The Balaban J connectivity index is 1.82. The number of rotatable bonds is 4. The van der Waals surface area contributed by atoms with Crippen LogP contribution in [0.1, 0.15) is 39.3 Å². The zero-order valence-electron chi connectivity index (χ0n) is 12.4. The molecule has 0 radical (unpaired) electrons. The molecular weight excluding hydrogens is 316 g/mol. The minimum absolute atomic E-state index is 0.0441. The molecule has 23 heavy (non-hydrogen) atoms. The van der Waals surface area contributed by atoms with Crippen LogP contribution < -0.4 is 0 Å². The van der Waals surface area contributed by atoms with Crippen molar-refractivity contribution in [2.45, 2.75) is 37.4 Å². The normalized spacial score (nSPS) is 23.3. The van der Waals surface area contributed by atoms with E-state index >= 15 is 0 Å². The van der Waals surface area contributed by atoms with Crippen LogP contribution in [0.2, 0.25) is 0 Å². The lowest BCUT2D eigenvalue weighted by atomic mass is 9.84. The lowest BCUT2D eigenvalue weighted by molar-refractivity contribution is -0.237. The molecule has 6 heteroatoms. The third-order valence-corrected chi connectivity index (χ3v) is 5.49. The number of thiophene rings is 1. The number of carbonyl (C=O) groups excluding carboxylic acids is 1. The van der Waals surface area contributed by atoms with E-state index < -0.39 is 24.1 Å². The topological polar surface area (TPSA) is 87.0 Å². The molecule has 1 heterocycles. The molecule has 3 N–H and O–H groups in total. The van der Waals surface area contributed by atoms with Gasteiger partial charge in [-0.3, -0.25) is 0 Å². The second kappa shape index (κ2) is 6.80. The third kappa shape index (κ3) is 3.30. The van der Waals surface area contributed by atoms with E-state index in [0.717, 1.165) is 17.7 Å². The van der Waals surface area contributed by atoms with Crippen molar-refractivity contribution in [3.8, 4) is 0 Å². The monoisotopic (exact) mass is 334 g/mol. The number of fused-ring (bicyclic) bond motifs is 1. The smallest absolute Gasteiger partial charge is 0.349 e. The minimum Gasteiger partial charge on any atom is -0.390 e. The van der Waals surface area contributed by atoms with Gasteiger partial charge in [-0.2, -0.15) is 5.26 Å². The fraction of sp³-hybridized carbons (Fsp3) is 0.353. The van der Waals surface area contributed by atoms with Gasteiger partial charge >= 0.3 is 5.97 Å². The predicted octanol–water partition coefficient (Wildman–Crippen LogP) is 2.43. The molecule has 0 unspecified atom stereocenters. The Labute approximate surface area is 137 Å². The molecule has 0 saturated heterocycles. The maximum absolute atomic E-state index is 11.7. The summed E-state index contributed by atoms with van der Waals surface area (Å²) in [6.07, 6.45) is -0.350. The summed E-state index contributed by atoms with van der Waals surface area (Å²) in [6.45, 7) is 0. The third-order valence-electron chi connectivity index (χ3n) is 4.21. The highest BCUT2D eigenvalue weighted by atomic mass is 32.1. The highest BCUT2D eigenvalue weighted by Gasteiger charge is 2.39. The minimum atomic E-state index is -1.03. The van der Waals surface area contributed by atoms with Crippen LogP contribution in [0, 0.1) is 0 Å². The molecule has 0 bridgehead atoms. The van der Waals surface area contributed by atoms with Crippen molar-refractivity contribution in [1.82, 2.24) is 0 Å². The number of aliphatic hydroxyl groups is 2. The Morgan fingerprint density at radius 3 is 2.65 bits per heavy atom. The Bertz CT molecular complexity index is 682. The molecule has 0 aliphatic heterocycles. The van der Waals surface area contributed by atoms with E-state index in [1.807, 2.05) is 24.3 Å². The number of aryl methyl sites for hydroxylation is 2. The molecule has 2 aromatic rings. The first-order valence-corrected chi connectivity index (χ1v) is 8.29. The molecule has 0 saturated carbocycles. The van der Waals surface area contributed by atoms with Gasteiger partial charge in [-0.15, -0.1) is 11.3 Å². The summed E-state index contributed by atoms with van der Waals surface area (Å²) in [5.41, 5.74) is 1.86. The first-order valence-electron chi connectivity index (χ1n) is 7.48. The molecule has 0 spiro atoms. The quantitative estimate of drug-likeness (QED) is 0.590.